The molecule has 1 heterocycles. The molecule has 1 atom stereocenters. The van der Waals surface area contributed by atoms with Crippen LogP contribution < -0.4 is 0 Å². The van der Waals surface area contributed by atoms with E-state index in [-0.39, 0.29) is 11.5 Å². The molecule has 1 aliphatic rings. The third-order valence-corrected chi connectivity index (χ3v) is 4.15. The summed E-state index contributed by atoms with van der Waals surface area (Å²) in [5.41, 5.74) is 5.00. The smallest absolute Gasteiger partial charge is 0.0812 e. The van der Waals surface area contributed by atoms with Crippen molar-refractivity contribution < 1.29 is 5.11 Å². The molecule has 0 saturated heterocycles. The van der Waals surface area contributed by atoms with Gasteiger partial charge in [0.05, 0.1) is 6.10 Å². The fourth-order valence-corrected chi connectivity index (χ4v) is 3.19. The minimum absolute atomic E-state index is 0.158. The molecular formula is C17H21NO. The first-order chi connectivity index (χ1) is 8.98. The van der Waals surface area contributed by atoms with Crippen LogP contribution in [0.25, 0.3) is 5.69 Å². The quantitative estimate of drug-likeness (QED) is 0.824. The van der Waals surface area contributed by atoms with E-state index < -0.39 is 0 Å². The van der Waals surface area contributed by atoms with Crippen LogP contribution in [0.5, 0.6) is 0 Å². The Morgan fingerprint density at radius 2 is 1.95 bits per heavy atom. The van der Waals surface area contributed by atoms with Crippen LogP contribution in [0.4, 0.5) is 0 Å². The number of aliphatic hydroxyl groups is 1. The van der Waals surface area contributed by atoms with Crippen molar-refractivity contribution in [1.29, 1.82) is 0 Å². The summed E-state index contributed by atoms with van der Waals surface area (Å²) in [4.78, 5) is 0. The highest BCUT2D eigenvalue weighted by Gasteiger charge is 2.33. The summed E-state index contributed by atoms with van der Waals surface area (Å²) in [6.45, 7) is 6.59. The summed E-state index contributed by atoms with van der Waals surface area (Å²) in [5, 5.41) is 10.3. The van der Waals surface area contributed by atoms with E-state index >= 15 is 0 Å². The molecule has 1 aromatic carbocycles. The zero-order chi connectivity index (χ0) is 13.6. The van der Waals surface area contributed by atoms with Gasteiger partial charge in [-0.1, -0.05) is 32.0 Å². The van der Waals surface area contributed by atoms with Gasteiger partial charge in [0.15, 0.2) is 0 Å². The van der Waals surface area contributed by atoms with Gasteiger partial charge in [-0.25, -0.2) is 0 Å². The molecule has 1 aliphatic carbocycles. The van der Waals surface area contributed by atoms with Crippen LogP contribution >= 0.6 is 0 Å². The highest BCUT2D eigenvalue weighted by Crippen LogP contribution is 2.41. The lowest BCUT2D eigenvalue weighted by Gasteiger charge is -2.34. The van der Waals surface area contributed by atoms with Gasteiger partial charge in [-0.15, -0.1) is 0 Å². The second-order valence-electron chi connectivity index (χ2n) is 6.44. The van der Waals surface area contributed by atoms with E-state index in [1.165, 1.54) is 16.9 Å². The van der Waals surface area contributed by atoms with Crippen LogP contribution in [0.3, 0.4) is 0 Å². The summed E-state index contributed by atoms with van der Waals surface area (Å²) < 4.78 is 2.24. The Kier molecular flexibility index (Phi) is 2.79. The average molecular weight is 255 g/mol. The Morgan fingerprint density at radius 1 is 1.21 bits per heavy atom. The summed E-state index contributed by atoms with van der Waals surface area (Å²) in [6, 6.07) is 10.5. The lowest BCUT2D eigenvalue weighted by Crippen LogP contribution is -2.26. The number of fused-ring (bicyclic) bond motifs is 1. The van der Waals surface area contributed by atoms with Crippen LogP contribution in [-0.4, -0.2) is 9.67 Å². The van der Waals surface area contributed by atoms with Gasteiger partial charge >= 0.3 is 0 Å². The maximum Gasteiger partial charge on any atom is 0.0812 e. The number of nitrogens with zero attached hydrogens (tertiary/aromatic N) is 1. The third kappa shape index (κ3) is 2.10. The van der Waals surface area contributed by atoms with E-state index in [9.17, 15) is 5.11 Å². The highest BCUT2D eigenvalue weighted by atomic mass is 16.3. The van der Waals surface area contributed by atoms with Crippen LogP contribution in [0, 0.1) is 12.3 Å². The third-order valence-electron chi connectivity index (χ3n) is 4.15. The molecule has 100 valence electrons. The number of aliphatic hydroxyl groups excluding tert-OH is 1. The number of hydrogen-bond donors (Lipinski definition) is 1. The predicted molar refractivity (Wildman–Crippen MR) is 77.6 cm³/mol. The Hall–Kier alpha value is -1.54. The molecule has 0 amide bonds. The van der Waals surface area contributed by atoms with Crippen LogP contribution in [0.15, 0.2) is 36.5 Å². The van der Waals surface area contributed by atoms with Gasteiger partial charge in [-0.2, -0.15) is 0 Å². The fraction of sp³-hybridized carbons (Fsp3) is 0.412. The van der Waals surface area contributed by atoms with E-state index in [1.807, 2.05) is 0 Å². The predicted octanol–water partition coefficient (Wildman–Crippen LogP) is 3.79. The number of hydrogen-bond acceptors (Lipinski definition) is 1. The summed E-state index contributed by atoms with van der Waals surface area (Å²) in [7, 11) is 0. The maximum absolute atomic E-state index is 10.3. The molecule has 19 heavy (non-hydrogen) atoms. The second-order valence-corrected chi connectivity index (χ2v) is 6.44. The lowest BCUT2D eigenvalue weighted by atomic mass is 9.75. The van der Waals surface area contributed by atoms with Crippen LogP contribution in [-0.2, 0) is 6.42 Å². The van der Waals surface area contributed by atoms with Crippen LogP contribution in [0.1, 0.15) is 43.2 Å². The normalized spacial score (nSPS) is 21.2. The van der Waals surface area contributed by atoms with Gasteiger partial charge in [-0.3, -0.25) is 0 Å². The Labute approximate surface area is 114 Å². The number of rotatable bonds is 1. The van der Waals surface area contributed by atoms with E-state index in [0.29, 0.717) is 0 Å². The highest BCUT2D eigenvalue weighted by molar-refractivity contribution is 5.45. The molecule has 1 unspecified atom stereocenters. The van der Waals surface area contributed by atoms with Crippen LogP contribution in [0.2, 0.25) is 0 Å². The first-order valence-electron chi connectivity index (χ1n) is 6.92. The van der Waals surface area contributed by atoms with E-state index in [1.54, 1.807) is 0 Å². The summed E-state index contributed by atoms with van der Waals surface area (Å²) >= 11 is 0. The summed E-state index contributed by atoms with van der Waals surface area (Å²) in [5.74, 6) is 0. The zero-order valence-electron chi connectivity index (χ0n) is 11.9. The van der Waals surface area contributed by atoms with Gasteiger partial charge in [-0.05, 0) is 42.9 Å². The van der Waals surface area contributed by atoms with E-state index in [4.69, 9.17) is 0 Å². The molecule has 0 fully saturated rings. The standard InChI is InChI=1S/C17H21NO/c1-12-6-4-5-7-14(12)18-9-8-13-15(18)10-17(2,3)11-16(13)19/h4-9,16,19H,10-11H2,1-3H3. The molecule has 0 aliphatic heterocycles. The van der Waals surface area contributed by atoms with Crippen molar-refractivity contribution in [2.24, 2.45) is 5.41 Å². The largest absolute Gasteiger partial charge is 0.388 e. The number of aromatic nitrogens is 1. The van der Waals surface area contributed by atoms with Crippen molar-refractivity contribution >= 4 is 0 Å². The van der Waals surface area contributed by atoms with E-state index in [0.717, 1.165) is 18.4 Å². The van der Waals surface area contributed by atoms with Gasteiger partial charge in [0.25, 0.3) is 0 Å². The Bertz CT molecular complexity index is 609. The first kappa shape index (κ1) is 12.5. The molecular weight excluding hydrogens is 234 g/mol. The second kappa shape index (κ2) is 4.24. The van der Waals surface area contributed by atoms with Crippen molar-refractivity contribution in [1.82, 2.24) is 4.57 Å². The van der Waals surface area contributed by atoms with Gasteiger partial charge < -0.3 is 9.67 Å². The van der Waals surface area contributed by atoms with E-state index in [2.05, 4.69) is 61.9 Å². The van der Waals surface area contributed by atoms with Crippen molar-refractivity contribution in [3.8, 4) is 5.69 Å². The number of aryl methyl sites for hydroxylation is 1. The first-order valence-corrected chi connectivity index (χ1v) is 6.92. The molecule has 3 rings (SSSR count). The number of para-hydroxylation sites is 1. The van der Waals surface area contributed by atoms with Gasteiger partial charge in [0.2, 0.25) is 0 Å². The minimum Gasteiger partial charge on any atom is -0.388 e. The Morgan fingerprint density at radius 3 is 2.68 bits per heavy atom. The molecule has 2 heteroatoms. The molecule has 1 aromatic heterocycles. The maximum atomic E-state index is 10.3. The minimum atomic E-state index is -0.330. The summed E-state index contributed by atoms with van der Waals surface area (Å²) in [6.07, 6.45) is 3.62. The topological polar surface area (TPSA) is 25.2 Å². The Balaban J connectivity index is 2.14. The van der Waals surface area contributed by atoms with Gasteiger partial charge in [0, 0.05) is 23.1 Å². The molecule has 2 aromatic rings. The molecule has 1 N–H and O–H groups in total. The lowest BCUT2D eigenvalue weighted by molar-refractivity contribution is 0.0987. The van der Waals surface area contributed by atoms with Crippen molar-refractivity contribution in [2.45, 2.75) is 39.7 Å². The monoisotopic (exact) mass is 255 g/mol. The molecule has 2 nitrogen and oxygen atoms in total. The van der Waals surface area contributed by atoms with Crippen molar-refractivity contribution in [2.75, 3.05) is 0 Å². The molecule has 0 spiro atoms. The zero-order valence-corrected chi connectivity index (χ0v) is 11.9. The van der Waals surface area contributed by atoms with Crippen molar-refractivity contribution in [3.63, 3.8) is 0 Å². The SMILES string of the molecule is Cc1ccccc1-n1ccc2c1CC(C)(C)CC2O. The average Bonchev–Trinajstić information content (AvgIpc) is 2.72. The molecule has 0 saturated carbocycles. The van der Waals surface area contributed by atoms with Crippen molar-refractivity contribution in [3.05, 3.63) is 53.3 Å². The fourth-order valence-electron chi connectivity index (χ4n) is 3.19. The molecule has 0 radical (unpaired) electrons. The number of benzene rings is 1. The molecule has 0 bridgehead atoms. The van der Waals surface area contributed by atoms with Gasteiger partial charge in [0.1, 0.15) is 0 Å².